The molecule has 7 heteroatoms. The molecule has 0 aliphatic carbocycles. The normalized spacial score (nSPS) is 12.4. The summed E-state index contributed by atoms with van der Waals surface area (Å²) in [7, 11) is -3.86. The standard InChI is InChI=1S/C23H24N2O3S2/c1-16-9-11-19(12-10-16)23(18-7-5-4-6-8-18)25-30(27,28)20-13-14-22(29-3)21(15-20)24-17(2)26/h4-15,23,25H,1-3H3,(H,24,26)/t23-/m0/s1. The molecule has 0 bridgehead atoms. The van der Waals surface area contributed by atoms with Crippen LogP contribution in [0.5, 0.6) is 0 Å². The largest absolute Gasteiger partial charge is 0.325 e. The van der Waals surface area contributed by atoms with Gasteiger partial charge < -0.3 is 5.32 Å². The molecule has 30 heavy (non-hydrogen) atoms. The predicted octanol–water partition coefficient (Wildman–Crippen LogP) is 4.74. The van der Waals surface area contributed by atoms with Gasteiger partial charge in [-0.3, -0.25) is 4.79 Å². The summed E-state index contributed by atoms with van der Waals surface area (Å²) in [5.41, 5.74) is 3.26. The third-order valence-electron chi connectivity index (χ3n) is 4.61. The lowest BCUT2D eigenvalue weighted by molar-refractivity contribution is -0.114. The van der Waals surface area contributed by atoms with Crippen LogP contribution < -0.4 is 10.0 Å². The zero-order chi connectivity index (χ0) is 21.7. The molecule has 0 saturated carbocycles. The first-order valence-electron chi connectivity index (χ1n) is 9.39. The summed E-state index contributed by atoms with van der Waals surface area (Å²) in [6.07, 6.45) is 1.87. The Morgan fingerprint density at radius 1 is 0.933 bits per heavy atom. The molecule has 0 spiro atoms. The number of carbonyl (C=O) groups excluding carboxylic acids is 1. The molecular weight excluding hydrogens is 416 g/mol. The minimum atomic E-state index is -3.86. The summed E-state index contributed by atoms with van der Waals surface area (Å²) in [6.45, 7) is 3.38. The summed E-state index contributed by atoms with van der Waals surface area (Å²) < 4.78 is 29.4. The summed E-state index contributed by atoms with van der Waals surface area (Å²) >= 11 is 1.44. The SMILES string of the molecule is CSc1ccc(S(=O)(=O)N[C@@H](c2ccccc2)c2ccc(C)cc2)cc1NC(C)=O. The Kier molecular flexibility index (Phi) is 6.97. The van der Waals surface area contributed by atoms with Crippen LogP contribution in [0.25, 0.3) is 0 Å². The maximum Gasteiger partial charge on any atom is 0.241 e. The van der Waals surface area contributed by atoms with Gasteiger partial charge in [-0.1, -0.05) is 60.2 Å². The second kappa shape index (κ2) is 9.47. The molecule has 1 atom stereocenters. The van der Waals surface area contributed by atoms with Gasteiger partial charge in [-0.05, 0) is 42.5 Å². The number of hydrogen-bond donors (Lipinski definition) is 2. The summed E-state index contributed by atoms with van der Waals surface area (Å²) in [5.74, 6) is -0.255. The fraction of sp³-hybridized carbons (Fsp3) is 0.174. The molecule has 0 aliphatic rings. The minimum absolute atomic E-state index is 0.0945. The van der Waals surface area contributed by atoms with Crippen molar-refractivity contribution in [3.05, 3.63) is 89.5 Å². The highest BCUT2D eigenvalue weighted by Gasteiger charge is 2.24. The lowest BCUT2D eigenvalue weighted by Gasteiger charge is -2.21. The van der Waals surface area contributed by atoms with E-state index in [0.717, 1.165) is 21.6 Å². The fourth-order valence-corrected chi connectivity index (χ4v) is 4.87. The number of anilines is 1. The highest BCUT2D eigenvalue weighted by atomic mass is 32.2. The molecule has 0 fully saturated rings. The van der Waals surface area contributed by atoms with Gasteiger partial charge in [0.2, 0.25) is 15.9 Å². The van der Waals surface area contributed by atoms with E-state index in [2.05, 4.69) is 10.0 Å². The first-order chi connectivity index (χ1) is 14.3. The Hall–Kier alpha value is -2.61. The maximum absolute atomic E-state index is 13.3. The van der Waals surface area contributed by atoms with Crippen molar-refractivity contribution in [3.8, 4) is 0 Å². The van der Waals surface area contributed by atoms with Crippen molar-refractivity contribution in [2.45, 2.75) is 29.7 Å². The van der Waals surface area contributed by atoms with E-state index in [4.69, 9.17) is 0 Å². The predicted molar refractivity (Wildman–Crippen MR) is 122 cm³/mol. The van der Waals surface area contributed by atoms with E-state index in [1.807, 2.05) is 67.8 Å². The van der Waals surface area contributed by atoms with E-state index in [1.165, 1.54) is 24.8 Å². The Labute approximate surface area is 182 Å². The summed E-state index contributed by atoms with van der Waals surface area (Å²) in [5, 5.41) is 2.71. The topological polar surface area (TPSA) is 75.3 Å². The summed E-state index contributed by atoms with van der Waals surface area (Å²) in [4.78, 5) is 12.4. The number of thioether (sulfide) groups is 1. The second-order valence-corrected chi connectivity index (χ2v) is 9.48. The van der Waals surface area contributed by atoms with E-state index in [1.54, 1.807) is 12.1 Å². The fourth-order valence-electron chi connectivity index (χ4n) is 3.10. The van der Waals surface area contributed by atoms with Gasteiger partial charge in [0.05, 0.1) is 16.6 Å². The van der Waals surface area contributed by atoms with Crippen molar-refractivity contribution < 1.29 is 13.2 Å². The molecule has 0 unspecified atom stereocenters. The van der Waals surface area contributed by atoms with Gasteiger partial charge in [0.15, 0.2) is 0 Å². The number of hydrogen-bond acceptors (Lipinski definition) is 4. The highest BCUT2D eigenvalue weighted by molar-refractivity contribution is 7.98. The van der Waals surface area contributed by atoms with E-state index < -0.39 is 16.1 Å². The average molecular weight is 441 g/mol. The maximum atomic E-state index is 13.3. The van der Waals surface area contributed by atoms with Crippen LogP contribution in [0.4, 0.5) is 5.69 Å². The monoisotopic (exact) mass is 440 g/mol. The van der Waals surface area contributed by atoms with Crippen molar-refractivity contribution >= 4 is 33.4 Å². The Balaban J connectivity index is 2.01. The minimum Gasteiger partial charge on any atom is -0.325 e. The number of carbonyl (C=O) groups is 1. The molecule has 5 nitrogen and oxygen atoms in total. The number of rotatable bonds is 7. The second-order valence-electron chi connectivity index (χ2n) is 6.92. The number of nitrogens with one attached hydrogen (secondary N) is 2. The van der Waals surface area contributed by atoms with Crippen LogP contribution in [-0.2, 0) is 14.8 Å². The van der Waals surface area contributed by atoms with Crippen LogP contribution in [-0.4, -0.2) is 20.6 Å². The zero-order valence-electron chi connectivity index (χ0n) is 17.0. The van der Waals surface area contributed by atoms with Gasteiger partial charge in [-0.2, -0.15) is 4.72 Å². The third-order valence-corrected chi connectivity index (χ3v) is 6.82. The zero-order valence-corrected chi connectivity index (χ0v) is 18.7. The molecule has 0 heterocycles. The quantitative estimate of drug-likeness (QED) is 0.520. The van der Waals surface area contributed by atoms with Crippen LogP contribution in [0.3, 0.4) is 0 Å². The molecular formula is C23H24N2O3S2. The van der Waals surface area contributed by atoms with Gasteiger partial charge >= 0.3 is 0 Å². The smallest absolute Gasteiger partial charge is 0.241 e. The van der Waals surface area contributed by atoms with Gasteiger partial charge in [0, 0.05) is 11.8 Å². The molecule has 0 aromatic heterocycles. The molecule has 0 saturated heterocycles. The van der Waals surface area contributed by atoms with Gasteiger partial charge in [-0.25, -0.2) is 8.42 Å². The number of benzene rings is 3. The molecule has 3 rings (SSSR count). The van der Waals surface area contributed by atoms with Crippen molar-refractivity contribution in [2.24, 2.45) is 0 Å². The first-order valence-corrected chi connectivity index (χ1v) is 12.1. The molecule has 3 aromatic carbocycles. The number of sulfonamides is 1. The number of aryl methyl sites for hydroxylation is 1. The van der Waals surface area contributed by atoms with Gasteiger partial charge in [0.25, 0.3) is 0 Å². The average Bonchev–Trinajstić information content (AvgIpc) is 2.73. The summed E-state index contributed by atoms with van der Waals surface area (Å²) in [6, 6.07) is 21.4. The molecule has 0 radical (unpaired) electrons. The number of amides is 1. The Morgan fingerprint density at radius 3 is 2.17 bits per heavy atom. The lowest BCUT2D eigenvalue weighted by atomic mass is 9.99. The molecule has 156 valence electrons. The Bertz CT molecular complexity index is 1130. The lowest BCUT2D eigenvalue weighted by Crippen LogP contribution is -2.29. The van der Waals surface area contributed by atoms with Crippen LogP contribution >= 0.6 is 11.8 Å². The Morgan fingerprint density at radius 2 is 1.57 bits per heavy atom. The van der Waals surface area contributed by atoms with E-state index in [9.17, 15) is 13.2 Å². The van der Waals surface area contributed by atoms with Crippen molar-refractivity contribution in [2.75, 3.05) is 11.6 Å². The van der Waals surface area contributed by atoms with E-state index in [0.29, 0.717) is 5.69 Å². The van der Waals surface area contributed by atoms with E-state index >= 15 is 0 Å². The van der Waals surface area contributed by atoms with Gasteiger partial charge in [-0.15, -0.1) is 11.8 Å². The van der Waals surface area contributed by atoms with E-state index in [-0.39, 0.29) is 10.8 Å². The van der Waals surface area contributed by atoms with Gasteiger partial charge in [0.1, 0.15) is 0 Å². The van der Waals surface area contributed by atoms with Crippen LogP contribution in [0.15, 0.2) is 82.6 Å². The van der Waals surface area contributed by atoms with Crippen molar-refractivity contribution in [3.63, 3.8) is 0 Å². The first kappa shape index (κ1) is 22.1. The van der Waals surface area contributed by atoms with Crippen molar-refractivity contribution in [1.29, 1.82) is 0 Å². The van der Waals surface area contributed by atoms with Crippen LogP contribution in [0, 0.1) is 6.92 Å². The molecule has 3 aromatic rings. The third kappa shape index (κ3) is 5.30. The van der Waals surface area contributed by atoms with Crippen molar-refractivity contribution in [1.82, 2.24) is 4.72 Å². The molecule has 0 aliphatic heterocycles. The molecule has 1 amide bonds. The molecule has 2 N–H and O–H groups in total. The van der Waals surface area contributed by atoms with Crippen LogP contribution in [0.1, 0.15) is 29.7 Å². The highest BCUT2D eigenvalue weighted by Crippen LogP contribution is 2.30. The van der Waals surface area contributed by atoms with Crippen LogP contribution in [0.2, 0.25) is 0 Å².